The van der Waals surface area contributed by atoms with Gasteiger partial charge in [0.2, 0.25) is 0 Å². The summed E-state index contributed by atoms with van der Waals surface area (Å²) in [6, 6.07) is 2.73. The molecule has 1 unspecified atom stereocenters. The van der Waals surface area contributed by atoms with Gasteiger partial charge in [-0.15, -0.1) is 0 Å². The smallest absolute Gasteiger partial charge is 0.0762 e. The summed E-state index contributed by atoms with van der Waals surface area (Å²) in [7, 11) is 1.96. The molecule has 4 nitrogen and oxygen atoms in total. The van der Waals surface area contributed by atoms with Gasteiger partial charge in [-0.1, -0.05) is 0 Å². The number of nitrogens with zero attached hydrogens (tertiary/aromatic N) is 2. The van der Waals surface area contributed by atoms with Crippen molar-refractivity contribution in [3.05, 3.63) is 18.0 Å². The maximum atomic E-state index is 4.36. The summed E-state index contributed by atoms with van der Waals surface area (Å²) in [5.41, 5.74) is 1.13. The number of nitrogens with one attached hydrogen (secondary N) is 2. The predicted molar refractivity (Wildman–Crippen MR) is 60.6 cm³/mol. The maximum absolute atomic E-state index is 4.36. The monoisotopic (exact) mass is 208 g/mol. The van der Waals surface area contributed by atoms with E-state index in [4.69, 9.17) is 0 Å². The van der Waals surface area contributed by atoms with Crippen LogP contribution in [-0.2, 0) is 13.6 Å². The van der Waals surface area contributed by atoms with Crippen LogP contribution in [0.15, 0.2) is 12.3 Å². The number of aryl methyl sites for hydroxylation is 1. The first kappa shape index (κ1) is 10.6. The zero-order chi connectivity index (χ0) is 10.5. The molecule has 0 amide bonds. The zero-order valence-corrected chi connectivity index (χ0v) is 9.37. The molecular weight excluding hydrogens is 188 g/mol. The van der Waals surface area contributed by atoms with Crippen molar-refractivity contribution >= 4 is 0 Å². The highest BCUT2D eigenvalue weighted by molar-refractivity contribution is 4.98. The van der Waals surface area contributed by atoms with E-state index in [0.29, 0.717) is 6.04 Å². The standard InChI is InChI=1S/C11H20N4/c1-15-8-5-11(14-15)9-13-10-3-2-6-12-7-4-10/h5,8,10,12-13H,2-4,6-7,9H2,1H3. The molecule has 2 N–H and O–H groups in total. The van der Waals surface area contributed by atoms with E-state index in [9.17, 15) is 0 Å². The lowest BCUT2D eigenvalue weighted by atomic mass is 10.1. The molecule has 84 valence electrons. The van der Waals surface area contributed by atoms with Gasteiger partial charge in [0.15, 0.2) is 0 Å². The van der Waals surface area contributed by atoms with Crippen molar-refractivity contribution < 1.29 is 0 Å². The molecule has 0 spiro atoms. The molecule has 1 aromatic heterocycles. The molecule has 0 saturated carbocycles. The second-order valence-electron chi connectivity index (χ2n) is 4.24. The second-order valence-corrected chi connectivity index (χ2v) is 4.24. The summed E-state index contributed by atoms with van der Waals surface area (Å²) in [6.07, 6.45) is 5.78. The molecule has 2 rings (SSSR count). The summed E-state index contributed by atoms with van der Waals surface area (Å²) >= 11 is 0. The van der Waals surface area contributed by atoms with Gasteiger partial charge in [0.05, 0.1) is 5.69 Å². The molecule has 1 aliphatic rings. The van der Waals surface area contributed by atoms with Crippen LogP contribution in [0.4, 0.5) is 0 Å². The molecule has 0 aliphatic carbocycles. The quantitative estimate of drug-likeness (QED) is 0.766. The third-order valence-electron chi connectivity index (χ3n) is 2.92. The molecule has 0 radical (unpaired) electrons. The van der Waals surface area contributed by atoms with Crippen molar-refractivity contribution in [2.75, 3.05) is 13.1 Å². The molecule has 1 aromatic rings. The number of aromatic nitrogens is 2. The minimum atomic E-state index is 0.655. The minimum absolute atomic E-state index is 0.655. The van der Waals surface area contributed by atoms with Crippen molar-refractivity contribution in [2.45, 2.75) is 31.8 Å². The van der Waals surface area contributed by atoms with Gasteiger partial charge in [-0.25, -0.2) is 0 Å². The van der Waals surface area contributed by atoms with Gasteiger partial charge in [0.1, 0.15) is 0 Å². The van der Waals surface area contributed by atoms with E-state index < -0.39 is 0 Å². The Labute approximate surface area is 91.1 Å². The van der Waals surface area contributed by atoms with Gasteiger partial charge in [-0.05, 0) is 38.4 Å². The third kappa shape index (κ3) is 3.32. The van der Waals surface area contributed by atoms with Gasteiger partial charge in [0.25, 0.3) is 0 Å². The predicted octanol–water partition coefficient (Wildman–Crippen LogP) is 0.652. The molecular formula is C11H20N4. The second kappa shape index (κ2) is 5.28. The lowest BCUT2D eigenvalue weighted by Gasteiger charge is -2.14. The third-order valence-corrected chi connectivity index (χ3v) is 2.92. The first-order valence-corrected chi connectivity index (χ1v) is 5.77. The van der Waals surface area contributed by atoms with E-state index >= 15 is 0 Å². The Balaban J connectivity index is 1.76. The minimum Gasteiger partial charge on any atom is -0.317 e. The molecule has 0 aromatic carbocycles. The SMILES string of the molecule is Cn1ccc(CNC2CCCNCC2)n1. The summed E-state index contributed by atoms with van der Waals surface area (Å²) in [6.45, 7) is 3.20. The Morgan fingerprint density at radius 1 is 1.53 bits per heavy atom. The summed E-state index contributed by atoms with van der Waals surface area (Å²) in [5, 5.41) is 11.4. The van der Waals surface area contributed by atoms with Crippen LogP contribution in [0.1, 0.15) is 25.0 Å². The fourth-order valence-corrected chi connectivity index (χ4v) is 2.03. The lowest BCUT2D eigenvalue weighted by molar-refractivity contribution is 0.464. The number of rotatable bonds is 3. The molecule has 15 heavy (non-hydrogen) atoms. The highest BCUT2D eigenvalue weighted by Crippen LogP contribution is 2.05. The highest BCUT2D eigenvalue weighted by Gasteiger charge is 2.11. The molecule has 1 aliphatic heterocycles. The molecule has 1 fully saturated rings. The van der Waals surface area contributed by atoms with Crippen LogP contribution >= 0.6 is 0 Å². The van der Waals surface area contributed by atoms with Crippen LogP contribution in [0.2, 0.25) is 0 Å². The fourth-order valence-electron chi connectivity index (χ4n) is 2.03. The van der Waals surface area contributed by atoms with Gasteiger partial charge < -0.3 is 10.6 Å². The summed E-state index contributed by atoms with van der Waals surface area (Å²) in [5.74, 6) is 0. The van der Waals surface area contributed by atoms with E-state index in [1.807, 2.05) is 17.9 Å². The van der Waals surface area contributed by atoms with E-state index in [1.54, 1.807) is 0 Å². The summed E-state index contributed by atoms with van der Waals surface area (Å²) < 4.78 is 1.85. The number of hydrogen-bond donors (Lipinski definition) is 2. The van der Waals surface area contributed by atoms with Gasteiger partial charge in [0, 0.05) is 25.8 Å². The Morgan fingerprint density at radius 3 is 3.27 bits per heavy atom. The van der Waals surface area contributed by atoms with E-state index in [-0.39, 0.29) is 0 Å². The average molecular weight is 208 g/mol. The van der Waals surface area contributed by atoms with Crippen LogP contribution in [0.25, 0.3) is 0 Å². The number of hydrogen-bond acceptors (Lipinski definition) is 3. The molecule has 1 saturated heterocycles. The van der Waals surface area contributed by atoms with Crippen LogP contribution in [0, 0.1) is 0 Å². The van der Waals surface area contributed by atoms with E-state index in [0.717, 1.165) is 18.8 Å². The molecule has 0 bridgehead atoms. The molecule has 2 heterocycles. The average Bonchev–Trinajstić information content (AvgIpc) is 2.52. The van der Waals surface area contributed by atoms with E-state index in [1.165, 1.54) is 25.8 Å². The van der Waals surface area contributed by atoms with Gasteiger partial charge in [-0.3, -0.25) is 4.68 Å². The fraction of sp³-hybridized carbons (Fsp3) is 0.727. The van der Waals surface area contributed by atoms with Crippen molar-refractivity contribution in [3.63, 3.8) is 0 Å². The zero-order valence-electron chi connectivity index (χ0n) is 9.37. The van der Waals surface area contributed by atoms with Crippen molar-refractivity contribution in [1.29, 1.82) is 0 Å². The van der Waals surface area contributed by atoms with Crippen molar-refractivity contribution in [1.82, 2.24) is 20.4 Å². The Bertz CT molecular complexity index is 287. The normalized spacial score (nSPS) is 22.6. The van der Waals surface area contributed by atoms with Crippen LogP contribution < -0.4 is 10.6 Å². The Kier molecular flexibility index (Phi) is 3.75. The summed E-state index contributed by atoms with van der Waals surface area (Å²) in [4.78, 5) is 0. The van der Waals surface area contributed by atoms with Gasteiger partial charge in [-0.2, -0.15) is 5.10 Å². The van der Waals surface area contributed by atoms with Crippen molar-refractivity contribution in [2.24, 2.45) is 7.05 Å². The Hall–Kier alpha value is -0.870. The highest BCUT2D eigenvalue weighted by atomic mass is 15.3. The topological polar surface area (TPSA) is 41.9 Å². The first-order chi connectivity index (χ1) is 7.34. The van der Waals surface area contributed by atoms with Crippen LogP contribution in [0.5, 0.6) is 0 Å². The van der Waals surface area contributed by atoms with E-state index in [2.05, 4.69) is 21.8 Å². The van der Waals surface area contributed by atoms with Crippen molar-refractivity contribution in [3.8, 4) is 0 Å². The van der Waals surface area contributed by atoms with Gasteiger partial charge >= 0.3 is 0 Å². The Morgan fingerprint density at radius 2 is 2.47 bits per heavy atom. The maximum Gasteiger partial charge on any atom is 0.0762 e. The molecule has 1 atom stereocenters. The lowest BCUT2D eigenvalue weighted by Crippen LogP contribution is -2.29. The van der Waals surface area contributed by atoms with Crippen LogP contribution in [0.3, 0.4) is 0 Å². The first-order valence-electron chi connectivity index (χ1n) is 5.77. The van der Waals surface area contributed by atoms with Crippen LogP contribution in [-0.4, -0.2) is 28.9 Å². The largest absolute Gasteiger partial charge is 0.317 e. The molecule has 4 heteroatoms.